The summed E-state index contributed by atoms with van der Waals surface area (Å²) >= 11 is 6.41. The number of alkyl halides is 7. The third kappa shape index (κ3) is 8.23. The van der Waals surface area contributed by atoms with Crippen LogP contribution in [0, 0.1) is 22.7 Å². The van der Waals surface area contributed by atoms with Gasteiger partial charge in [0.15, 0.2) is 0 Å². The monoisotopic (exact) mass is 723 g/mol. The van der Waals surface area contributed by atoms with Crippen molar-refractivity contribution >= 4 is 50.6 Å². The van der Waals surface area contributed by atoms with E-state index in [1.807, 2.05) is 4.72 Å². The molecule has 0 bridgehead atoms. The Morgan fingerprint density at radius 1 is 0.826 bits per heavy atom. The molecule has 0 aliphatic rings. The van der Waals surface area contributed by atoms with E-state index in [9.17, 15) is 39.3 Å². The van der Waals surface area contributed by atoms with Gasteiger partial charge in [-0.2, -0.15) is 41.6 Å². The summed E-state index contributed by atoms with van der Waals surface area (Å²) in [6.45, 7) is 0.187. The maximum Gasteiger partial charge on any atom is 0.445 e. The molecule has 0 aliphatic carbocycles. The van der Waals surface area contributed by atoms with Crippen LogP contribution < -0.4 is 18.5 Å². The first-order valence-corrected chi connectivity index (χ1v) is 17.0. The van der Waals surface area contributed by atoms with Crippen LogP contribution in [0.3, 0.4) is 0 Å². The standard InChI is InChI=1S/C27H17ClF6N3O6PS2/c28-7-8-41-19-5-6-24-18(9-19)10-25(45-24)46(39,40)37-15-44(38,42-20-3-1-16(13-35)22(11-20)26(29,30)31)43-21-4-2-17(14-36)23(12-21)27(32,33)34/h1-6,9-12,37H,7-8,15H2. The normalized spacial score (nSPS) is 12.4. The third-order valence-electron chi connectivity index (χ3n) is 5.85. The Morgan fingerprint density at radius 2 is 1.35 bits per heavy atom. The Balaban J connectivity index is 1.70. The van der Waals surface area contributed by atoms with Crippen LogP contribution in [0.15, 0.2) is 64.9 Å². The van der Waals surface area contributed by atoms with Crippen LogP contribution in [0.5, 0.6) is 17.2 Å². The quantitative estimate of drug-likeness (QED) is 0.0937. The Hall–Kier alpha value is -3.99. The minimum Gasteiger partial charge on any atom is -0.492 e. The molecule has 0 saturated carbocycles. The zero-order valence-corrected chi connectivity index (χ0v) is 25.9. The second kappa shape index (κ2) is 13.4. The molecule has 0 radical (unpaired) electrons. The zero-order valence-electron chi connectivity index (χ0n) is 22.6. The molecular weight excluding hydrogens is 707 g/mol. The second-order valence-electron chi connectivity index (χ2n) is 9.04. The summed E-state index contributed by atoms with van der Waals surface area (Å²) < 4.78 is 140. The van der Waals surface area contributed by atoms with Crippen molar-refractivity contribution in [2.45, 2.75) is 16.6 Å². The van der Waals surface area contributed by atoms with Crippen LogP contribution in [0.2, 0.25) is 0 Å². The topological polar surface area (TPSA) is 139 Å². The van der Waals surface area contributed by atoms with Gasteiger partial charge in [0.1, 0.15) is 34.4 Å². The number of halogens is 7. The number of nitrogens with zero attached hydrogens (tertiary/aromatic N) is 2. The van der Waals surface area contributed by atoms with Gasteiger partial charge in [-0.3, -0.25) is 0 Å². The van der Waals surface area contributed by atoms with Crippen molar-refractivity contribution < 1.29 is 53.1 Å². The molecule has 0 spiro atoms. The van der Waals surface area contributed by atoms with Crippen LogP contribution in [0.1, 0.15) is 22.3 Å². The van der Waals surface area contributed by atoms with Gasteiger partial charge < -0.3 is 13.8 Å². The van der Waals surface area contributed by atoms with E-state index in [-0.39, 0.29) is 16.7 Å². The molecule has 46 heavy (non-hydrogen) atoms. The van der Waals surface area contributed by atoms with Crippen molar-refractivity contribution in [1.82, 2.24) is 4.72 Å². The van der Waals surface area contributed by atoms with Gasteiger partial charge in [-0.05, 0) is 66.0 Å². The maximum atomic E-state index is 13.9. The van der Waals surface area contributed by atoms with Gasteiger partial charge in [0, 0.05) is 4.70 Å². The minimum absolute atomic E-state index is 0.187. The van der Waals surface area contributed by atoms with Gasteiger partial charge in [0.05, 0.1) is 40.3 Å². The fourth-order valence-electron chi connectivity index (χ4n) is 3.84. The summed E-state index contributed by atoms with van der Waals surface area (Å²) in [5, 5.41) is 18.5. The lowest BCUT2D eigenvalue weighted by Crippen LogP contribution is -2.26. The highest BCUT2D eigenvalue weighted by atomic mass is 35.5. The van der Waals surface area contributed by atoms with Crippen molar-refractivity contribution in [3.05, 3.63) is 82.9 Å². The number of rotatable bonds is 11. The number of sulfonamides is 1. The van der Waals surface area contributed by atoms with Crippen molar-refractivity contribution in [2.75, 3.05) is 18.8 Å². The number of fused-ring (bicyclic) bond motifs is 1. The lowest BCUT2D eigenvalue weighted by atomic mass is 10.1. The van der Waals surface area contributed by atoms with Crippen molar-refractivity contribution in [3.63, 3.8) is 0 Å². The smallest absolute Gasteiger partial charge is 0.445 e. The summed E-state index contributed by atoms with van der Waals surface area (Å²) in [5.74, 6) is -1.000. The molecule has 242 valence electrons. The summed E-state index contributed by atoms with van der Waals surface area (Å²) in [4.78, 5) is 0. The van der Waals surface area contributed by atoms with E-state index < -0.39 is 70.0 Å². The van der Waals surface area contributed by atoms with Crippen LogP contribution in [0.25, 0.3) is 10.1 Å². The van der Waals surface area contributed by atoms with E-state index in [1.54, 1.807) is 18.2 Å². The number of ether oxygens (including phenoxy) is 1. The minimum atomic E-state index is -5.07. The maximum absolute atomic E-state index is 13.9. The van der Waals surface area contributed by atoms with E-state index in [4.69, 9.17) is 35.9 Å². The molecule has 1 heterocycles. The van der Waals surface area contributed by atoms with Crippen LogP contribution in [-0.4, -0.2) is 27.2 Å². The van der Waals surface area contributed by atoms with Gasteiger partial charge in [-0.15, -0.1) is 22.9 Å². The average molecular weight is 724 g/mol. The summed E-state index contributed by atoms with van der Waals surface area (Å²) in [7, 11) is -9.57. The highest BCUT2D eigenvalue weighted by Gasteiger charge is 2.38. The van der Waals surface area contributed by atoms with Crippen molar-refractivity contribution in [3.8, 4) is 29.4 Å². The number of hydrogen-bond donors (Lipinski definition) is 1. The molecule has 4 aromatic rings. The van der Waals surface area contributed by atoms with E-state index in [1.165, 1.54) is 18.2 Å². The third-order valence-corrected chi connectivity index (χ3v) is 10.7. The molecule has 0 aliphatic heterocycles. The first-order valence-electron chi connectivity index (χ1n) is 12.4. The summed E-state index contributed by atoms with van der Waals surface area (Å²) in [6.07, 6.45) is -11.4. The Bertz CT molecular complexity index is 1940. The lowest BCUT2D eigenvalue weighted by Gasteiger charge is -2.22. The van der Waals surface area contributed by atoms with Gasteiger partial charge in [0.25, 0.3) is 10.0 Å². The Morgan fingerprint density at radius 3 is 1.83 bits per heavy atom. The molecule has 3 aromatic carbocycles. The summed E-state index contributed by atoms with van der Waals surface area (Å²) in [6, 6.07) is 12.2. The molecule has 4 rings (SSSR count). The Kier molecular flexibility index (Phi) is 10.2. The number of nitriles is 2. The molecule has 0 saturated heterocycles. The number of benzene rings is 3. The Labute approximate surface area is 266 Å². The van der Waals surface area contributed by atoms with Crippen molar-refractivity contribution in [2.24, 2.45) is 0 Å². The number of hydrogen-bond acceptors (Lipinski definition) is 9. The molecular formula is C27H17ClF6N3O6PS2. The predicted octanol–water partition coefficient (Wildman–Crippen LogP) is 7.89. The van der Waals surface area contributed by atoms with Gasteiger partial charge in [0.2, 0.25) is 0 Å². The molecule has 1 aromatic heterocycles. The van der Waals surface area contributed by atoms with Crippen molar-refractivity contribution in [1.29, 1.82) is 10.5 Å². The van der Waals surface area contributed by atoms with Gasteiger partial charge in [-0.25, -0.2) is 13.0 Å². The van der Waals surface area contributed by atoms with E-state index in [0.29, 0.717) is 40.1 Å². The highest BCUT2D eigenvalue weighted by molar-refractivity contribution is 7.92. The average Bonchev–Trinajstić information content (AvgIpc) is 3.43. The zero-order chi connectivity index (χ0) is 33.9. The molecule has 0 amide bonds. The highest BCUT2D eigenvalue weighted by Crippen LogP contribution is 2.50. The van der Waals surface area contributed by atoms with Crippen LogP contribution in [-0.2, 0) is 26.9 Å². The lowest BCUT2D eigenvalue weighted by molar-refractivity contribution is -0.138. The van der Waals surface area contributed by atoms with E-state index in [0.717, 1.165) is 23.5 Å². The largest absolute Gasteiger partial charge is 0.492 e. The van der Waals surface area contributed by atoms with Crippen LogP contribution in [0.4, 0.5) is 26.3 Å². The van der Waals surface area contributed by atoms with Gasteiger partial charge in [-0.1, -0.05) is 0 Å². The molecule has 0 atom stereocenters. The summed E-state index contributed by atoms with van der Waals surface area (Å²) in [5.41, 5.74) is -4.62. The molecule has 19 heteroatoms. The van der Waals surface area contributed by atoms with E-state index in [2.05, 4.69) is 0 Å². The molecule has 9 nitrogen and oxygen atoms in total. The van der Waals surface area contributed by atoms with Gasteiger partial charge >= 0.3 is 19.9 Å². The number of thiophene rings is 1. The second-order valence-corrected chi connectivity index (χ2v) is 14.4. The molecule has 0 fully saturated rings. The fourth-order valence-corrected chi connectivity index (χ4v) is 8.35. The molecule has 0 unspecified atom stereocenters. The fraction of sp³-hybridized carbons (Fsp3) is 0.185. The first-order chi connectivity index (χ1) is 21.5. The van der Waals surface area contributed by atoms with Crippen LogP contribution >= 0.6 is 30.5 Å². The predicted molar refractivity (Wildman–Crippen MR) is 154 cm³/mol. The first kappa shape index (κ1) is 34.9. The SMILES string of the molecule is N#Cc1ccc(OP(=O)(CNS(=O)(=O)c2cc3cc(OCCCl)ccc3s2)Oc2ccc(C#N)c(C(F)(F)F)c2)cc1C(F)(F)F. The molecule has 1 N–H and O–H groups in total. The number of nitrogens with one attached hydrogen (secondary N) is 1. The van der Waals surface area contributed by atoms with E-state index >= 15 is 0 Å².